The van der Waals surface area contributed by atoms with Gasteiger partial charge >= 0.3 is 115 Å². The molecule has 0 aromatic heterocycles. The summed E-state index contributed by atoms with van der Waals surface area (Å²) in [6.45, 7) is 4.18. The molecule has 1 unspecified atom stereocenters. The van der Waals surface area contributed by atoms with E-state index in [1.165, 1.54) is 15.0 Å². The molecule has 1 nitrogen and oxygen atoms in total. The first kappa shape index (κ1) is 19.0. The fraction of sp³-hybridized carbons (Fsp3) is 0.333. The van der Waals surface area contributed by atoms with Gasteiger partial charge in [0.15, 0.2) is 0 Å². The second-order valence-electron chi connectivity index (χ2n) is 4.52. The molecule has 1 aromatic carbocycles. The molecular formula is C15H17Cl2OTi. The molecule has 0 saturated heterocycles. The van der Waals surface area contributed by atoms with E-state index in [0.717, 1.165) is 6.42 Å². The maximum Gasteiger partial charge on any atom is -1.00 e. The van der Waals surface area contributed by atoms with Crippen molar-refractivity contribution in [2.45, 2.75) is 32.5 Å². The van der Waals surface area contributed by atoms with Gasteiger partial charge in [-0.2, -0.15) is 0 Å². The molecule has 0 amide bonds. The fourth-order valence-electron chi connectivity index (χ4n) is 2.00. The third kappa shape index (κ3) is 5.09. The predicted molar refractivity (Wildman–Crippen MR) is 66.2 cm³/mol. The van der Waals surface area contributed by atoms with E-state index in [0.29, 0.717) is 0 Å². The largest absolute Gasteiger partial charge is 1.00 e. The molecular weight excluding hydrogens is 315 g/mol. The zero-order chi connectivity index (χ0) is 12.3. The SMILES string of the molecule is CC(C)OC(C1=[C]([Ti+2])CC=C1)c1ccccc1.[Cl-].[Cl-]. The minimum Gasteiger partial charge on any atom is -1.00 e. The van der Waals surface area contributed by atoms with Gasteiger partial charge in [-0.15, -0.1) is 0 Å². The van der Waals surface area contributed by atoms with Gasteiger partial charge in [0.05, 0.1) is 0 Å². The second kappa shape index (κ2) is 8.99. The van der Waals surface area contributed by atoms with Gasteiger partial charge in [0.1, 0.15) is 0 Å². The van der Waals surface area contributed by atoms with Crippen LogP contribution in [0.2, 0.25) is 0 Å². The Morgan fingerprint density at radius 1 is 1.11 bits per heavy atom. The summed E-state index contributed by atoms with van der Waals surface area (Å²) >= 11 is 2.19. The molecule has 101 valence electrons. The van der Waals surface area contributed by atoms with Crippen LogP contribution in [0.3, 0.4) is 0 Å². The van der Waals surface area contributed by atoms with E-state index in [2.05, 4.69) is 70.7 Å². The molecule has 4 heteroatoms. The van der Waals surface area contributed by atoms with Crippen LogP contribution in [-0.4, -0.2) is 6.10 Å². The predicted octanol–water partition coefficient (Wildman–Crippen LogP) is -2.08. The summed E-state index contributed by atoms with van der Waals surface area (Å²) in [6.07, 6.45) is 5.78. The fourth-order valence-corrected chi connectivity index (χ4v) is 2.52. The third-order valence-corrected chi connectivity index (χ3v) is 3.53. The van der Waals surface area contributed by atoms with Crippen molar-refractivity contribution in [3.8, 4) is 0 Å². The van der Waals surface area contributed by atoms with Crippen LogP contribution in [0.25, 0.3) is 0 Å². The van der Waals surface area contributed by atoms with Crippen molar-refractivity contribution in [1.82, 2.24) is 0 Å². The topological polar surface area (TPSA) is 9.23 Å². The first-order valence-electron chi connectivity index (χ1n) is 6.00. The minimum absolute atomic E-state index is 0. The van der Waals surface area contributed by atoms with Crippen LogP contribution in [0, 0.1) is 0 Å². The van der Waals surface area contributed by atoms with Gasteiger partial charge in [-0.25, -0.2) is 0 Å². The number of halogens is 2. The van der Waals surface area contributed by atoms with Gasteiger partial charge in [0.25, 0.3) is 0 Å². The number of rotatable bonds is 4. The molecule has 0 radical (unpaired) electrons. The normalized spacial score (nSPS) is 15.2. The molecule has 1 aliphatic rings. The Morgan fingerprint density at radius 3 is 2.21 bits per heavy atom. The Hall–Kier alpha value is -0.0457. The van der Waals surface area contributed by atoms with Crippen molar-refractivity contribution in [2.75, 3.05) is 0 Å². The molecule has 1 aliphatic carbocycles. The molecule has 0 heterocycles. The quantitative estimate of drug-likeness (QED) is 0.576. The summed E-state index contributed by atoms with van der Waals surface area (Å²) in [6, 6.07) is 10.5. The Kier molecular flexibility index (Phi) is 8.97. The molecule has 1 aromatic rings. The molecule has 1 atom stereocenters. The summed E-state index contributed by atoms with van der Waals surface area (Å²) < 4.78 is 7.50. The van der Waals surface area contributed by atoms with Crippen LogP contribution in [0.5, 0.6) is 0 Å². The molecule has 2 rings (SSSR count). The average molecular weight is 332 g/mol. The van der Waals surface area contributed by atoms with Crippen molar-refractivity contribution in [3.05, 3.63) is 57.5 Å². The zero-order valence-electron chi connectivity index (χ0n) is 11.1. The van der Waals surface area contributed by atoms with Crippen LogP contribution in [-0.2, 0) is 25.2 Å². The van der Waals surface area contributed by atoms with Gasteiger partial charge in [0, 0.05) is 0 Å². The maximum absolute atomic E-state index is 6.08. The van der Waals surface area contributed by atoms with Crippen LogP contribution < -0.4 is 24.8 Å². The Labute approximate surface area is 139 Å². The van der Waals surface area contributed by atoms with E-state index in [1.54, 1.807) is 0 Å². The molecule has 19 heavy (non-hydrogen) atoms. The number of ether oxygens (including phenoxy) is 1. The van der Waals surface area contributed by atoms with E-state index in [-0.39, 0.29) is 37.0 Å². The summed E-state index contributed by atoms with van der Waals surface area (Å²) in [7, 11) is 0. The van der Waals surface area contributed by atoms with Crippen LogP contribution in [0.4, 0.5) is 0 Å². The smallest absolute Gasteiger partial charge is 1.00 e. The molecule has 0 fully saturated rings. The summed E-state index contributed by atoms with van der Waals surface area (Å²) in [5, 5.41) is 0. The van der Waals surface area contributed by atoms with Gasteiger partial charge in [-0.05, 0) is 0 Å². The van der Waals surface area contributed by atoms with Crippen molar-refractivity contribution in [3.63, 3.8) is 0 Å². The first-order chi connectivity index (χ1) is 8.18. The van der Waals surface area contributed by atoms with Crippen LogP contribution in [0.15, 0.2) is 51.9 Å². The molecule has 0 aliphatic heterocycles. The van der Waals surface area contributed by atoms with Crippen molar-refractivity contribution in [1.29, 1.82) is 0 Å². The number of allylic oxidation sites excluding steroid dienone is 2. The summed E-state index contributed by atoms with van der Waals surface area (Å²) in [4.78, 5) is 0. The zero-order valence-corrected chi connectivity index (χ0v) is 14.1. The van der Waals surface area contributed by atoms with E-state index >= 15 is 0 Å². The first-order valence-corrected chi connectivity index (χ1v) is 6.78. The Balaban J connectivity index is 0.00000162. The van der Waals surface area contributed by atoms with Crippen molar-refractivity contribution >= 4 is 0 Å². The van der Waals surface area contributed by atoms with E-state index in [1.807, 2.05) is 6.07 Å². The number of hydrogen-bond acceptors (Lipinski definition) is 1. The second-order valence-corrected chi connectivity index (χ2v) is 5.46. The van der Waals surface area contributed by atoms with E-state index in [9.17, 15) is 0 Å². The molecule has 0 saturated carbocycles. The number of benzene rings is 1. The average Bonchev–Trinajstić information content (AvgIpc) is 2.73. The minimum atomic E-state index is 0. The monoisotopic (exact) mass is 331 g/mol. The third-order valence-electron chi connectivity index (χ3n) is 2.76. The van der Waals surface area contributed by atoms with Gasteiger partial charge in [-0.3, -0.25) is 0 Å². The Morgan fingerprint density at radius 2 is 1.74 bits per heavy atom. The van der Waals surface area contributed by atoms with Gasteiger partial charge in [-0.1, -0.05) is 0 Å². The van der Waals surface area contributed by atoms with Crippen molar-refractivity contribution < 1.29 is 50.0 Å². The Bertz CT molecular complexity index is 441. The van der Waals surface area contributed by atoms with Crippen LogP contribution >= 0.6 is 0 Å². The summed E-state index contributed by atoms with van der Waals surface area (Å²) in [5.74, 6) is 0. The van der Waals surface area contributed by atoms with Crippen molar-refractivity contribution in [2.24, 2.45) is 0 Å². The molecule has 0 bridgehead atoms. The van der Waals surface area contributed by atoms with Crippen LogP contribution in [0.1, 0.15) is 31.9 Å². The maximum atomic E-state index is 6.08. The molecule has 0 spiro atoms. The number of hydrogen-bond donors (Lipinski definition) is 0. The summed E-state index contributed by atoms with van der Waals surface area (Å²) in [5.41, 5.74) is 2.56. The van der Waals surface area contributed by atoms with E-state index in [4.69, 9.17) is 4.74 Å². The van der Waals surface area contributed by atoms with Gasteiger partial charge < -0.3 is 24.8 Å². The van der Waals surface area contributed by atoms with E-state index < -0.39 is 0 Å². The standard InChI is InChI=1S/C15H17O.2ClH.Ti/c1-12(2)16-15(14-10-6-7-11-14)13-8-4-3-5-9-13;;;/h3-6,8-10,12,15H,7H2,1-2H3;2*1H;/q;;;+2/p-2. The van der Waals surface area contributed by atoms with Gasteiger partial charge in [0.2, 0.25) is 0 Å². The molecule has 0 N–H and O–H groups in total.